The van der Waals surface area contributed by atoms with E-state index in [4.69, 9.17) is 0 Å². The highest BCUT2D eigenvalue weighted by Crippen LogP contribution is 2.32. The number of benzene rings is 1. The van der Waals surface area contributed by atoms with Crippen molar-refractivity contribution in [2.75, 3.05) is 5.32 Å². The molecule has 0 saturated heterocycles. The molecule has 0 unspecified atom stereocenters. The van der Waals surface area contributed by atoms with E-state index in [0.717, 1.165) is 18.4 Å². The van der Waals surface area contributed by atoms with Crippen LogP contribution in [0.25, 0.3) is 10.9 Å². The zero-order valence-corrected chi connectivity index (χ0v) is 13.2. The van der Waals surface area contributed by atoms with Crippen LogP contribution in [0.1, 0.15) is 35.0 Å². The van der Waals surface area contributed by atoms with Gasteiger partial charge in [0.1, 0.15) is 0 Å². The smallest absolute Gasteiger partial charge is 0.257 e. The van der Waals surface area contributed by atoms with Crippen molar-refractivity contribution >= 4 is 33.3 Å². The molecule has 3 aromatic rings. The summed E-state index contributed by atoms with van der Waals surface area (Å²) in [6, 6.07) is 5.89. The third kappa shape index (κ3) is 2.31. The number of anilines is 1. The molecule has 1 aromatic carbocycles. The molecule has 2 aromatic heterocycles. The SMILES string of the molecule is C[C@H]1CCc2[nH]c3ccc(C(=O)Nc4nccs4)cc3c2C1. The predicted octanol–water partition coefficient (Wildman–Crippen LogP) is 4.00. The van der Waals surface area contributed by atoms with Crippen LogP contribution < -0.4 is 5.32 Å². The lowest BCUT2D eigenvalue weighted by molar-refractivity contribution is 0.102. The molecular weight excluding hydrogens is 294 g/mol. The molecule has 0 aliphatic heterocycles. The third-order valence-electron chi connectivity index (χ3n) is 4.35. The second-order valence-electron chi connectivity index (χ2n) is 5.98. The van der Waals surface area contributed by atoms with Gasteiger partial charge in [-0.3, -0.25) is 10.1 Å². The molecule has 5 heteroatoms. The molecule has 2 heterocycles. The largest absolute Gasteiger partial charge is 0.358 e. The molecule has 0 saturated carbocycles. The molecule has 112 valence electrons. The van der Waals surface area contributed by atoms with Crippen LogP contribution in [0, 0.1) is 5.92 Å². The second-order valence-corrected chi connectivity index (χ2v) is 6.88. The van der Waals surface area contributed by atoms with Gasteiger partial charge in [0.25, 0.3) is 5.91 Å². The van der Waals surface area contributed by atoms with E-state index in [0.29, 0.717) is 16.6 Å². The minimum absolute atomic E-state index is 0.101. The maximum Gasteiger partial charge on any atom is 0.257 e. The van der Waals surface area contributed by atoms with Gasteiger partial charge in [-0.2, -0.15) is 0 Å². The summed E-state index contributed by atoms with van der Waals surface area (Å²) >= 11 is 1.43. The van der Waals surface area contributed by atoms with Gasteiger partial charge >= 0.3 is 0 Å². The van der Waals surface area contributed by atoms with E-state index in [1.807, 2.05) is 23.6 Å². The number of aromatic nitrogens is 2. The van der Waals surface area contributed by atoms with Gasteiger partial charge < -0.3 is 4.98 Å². The number of hydrogen-bond donors (Lipinski definition) is 2. The van der Waals surface area contributed by atoms with Crippen molar-refractivity contribution in [3.63, 3.8) is 0 Å². The Morgan fingerprint density at radius 1 is 1.45 bits per heavy atom. The molecule has 1 amide bonds. The summed E-state index contributed by atoms with van der Waals surface area (Å²) < 4.78 is 0. The Balaban J connectivity index is 1.71. The Morgan fingerprint density at radius 2 is 2.36 bits per heavy atom. The number of thiazole rings is 1. The third-order valence-corrected chi connectivity index (χ3v) is 5.04. The van der Waals surface area contributed by atoms with Crippen molar-refractivity contribution in [1.29, 1.82) is 0 Å². The number of aromatic amines is 1. The number of nitrogens with one attached hydrogen (secondary N) is 2. The fourth-order valence-electron chi connectivity index (χ4n) is 3.19. The number of carbonyl (C=O) groups excluding carboxylic acids is 1. The van der Waals surface area contributed by atoms with Crippen LogP contribution in [-0.2, 0) is 12.8 Å². The van der Waals surface area contributed by atoms with Gasteiger partial charge in [-0.05, 0) is 48.9 Å². The summed E-state index contributed by atoms with van der Waals surface area (Å²) in [5.74, 6) is 0.606. The first-order valence-corrected chi connectivity index (χ1v) is 8.43. The van der Waals surface area contributed by atoms with Gasteiger partial charge in [-0.1, -0.05) is 6.92 Å². The standard InChI is InChI=1S/C17H17N3OS/c1-10-2-4-14-12(8-10)13-9-11(3-5-15(13)19-14)16(21)20-17-18-6-7-22-17/h3,5-7,9-10,19H,2,4,8H2,1H3,(H,18,20,21)/t10-/m0/s1. The van der Waals surface area contributed by atoms with E-state index in [-0.39, 0.29) is 5.91 Å². The van der Waals surface area contributed by atoms with Gasteiger partial charge in [0.2, 0.25) is 0 Å². The predicted molar refractivity (Wildman–Crippen MR) is 89.6 cm³/mol. The molecule has 0 radical (unpaired) electrons. The van der Waals surface area contributed by atoms with Gasteiger partial charge in [0, 0.05) is 33.7 Å². The summed E-state index contributed by atoms with van der Waals surface area (Å²) in [7, 11) is 0. The quantitative estimate of drug-likeness (QED) is 0.751. The zero-order valence-electron chi connectivity index (χ0n) is 12.3. The minimum Gasteiger partial charge on any atom is -0.358 e. The first-order chi connectivity index (χ1) is 10.7. The second kappa shape index (κ2) is 5.25. The number of aryl methyl sites for hydroxylation is 1. The van der Waals surface area contributed by atoms with Crippen molar-refractivity contribution in [1.82, 2.24) is 9.97 Å². The van der Waals surface area contributed by atoms with Gasteiger partial charge in [0.15, 0.2) is 5.13 Å². The van der Waals surface area contributed by atoms with E-state index in [1.54, 1.807) is 6.20 Å². The van der Waals surface area contributed by atoms with E-state index in [2.05, 4.69) is 22.2 Å². The Kier molecular flexibility index (Phi) is 3.22. The number of rotatable bonds is 2. The molecular formula is C17H17N3OS. The van der Waals surface area contributed by atoms with Crippen LogP contribution in [0.3, 0.4) is 0 Å². The molecule has 0 bridgehead atoms. The minimum atomic E-state index is -0.101. The van der Waals surface area contributed by atoms with Crippen LogP contribution in [-0.4, -0.2) is 15.9 Å². The maximum atomic E-state index is 12.4. The van der Waals surface area contributed by atoms with Crippen molar-refractivity contribution in [2.24, 2.45) is 5.92 Å². The van der Waals surface area contributed by atoms with Crippen molar-refractivity contribution in [3.05, 3.63) is 46.6 Å². The monoisotopic (exact) mass is 311 g/mol. The lowest BCUT2D eigenvalue weighted by Crippen LogP contribution is -2.12. The topological polar surface area (TPSA) is 57.8 Å². The fourth-order valence-corrected chi connectivity index (χ4v) is 3.71. The lowest BCUT2D eigenvalue weighted by atomic mass is 9.87. The Labute approximate surface area is 132 Å². The summed E-state index contributed by atoms with van der Waals surface area (Å²) in [5, 5.41) is 6.51. The van der Waals surface area contributed by atoms with Crippen LogP contribution in [0.4, 0.5) is 5.13 Å². The molecule has 1 atom stereocenters. The highest BCUT2D eigenvalue weighted by molar-refractivity contribution is 7.13. The summed E-state index contributed by atoms with van der Waals surface area (Å²) in [4.78, 5) is 20.0. The number of amides is 1. The zero-order chi connectivity index (χ0) is 15.1. The molecule has 4 nitrogen and oxygen atoms in total. The lowest BCUT2D eigenvalue weighted by Gasteiger charge is -2.18. The molecule has 1 aliphatic carbocycles. The maximum absolute atomic E-state index is 12.4. The van der Waals surface area contributed by atoms with Gasteiger partial charge in [-0.15, -0.1) is 11.3 Å². The number of carbonyl (C=O) groups is 1. The molecule has 0 fully saturated rings. The average Bonchev–Trinajstić information content (AvgIpc) is 3.14. The molecule has 2 N–H and O–H groups in total. The number of nitrogens with zero attached hydrogens (tertiary/aromatic N) is 1. The van der Waals surface area contributed by atoms with Crippen LogP contribution in [0.15, 0.2) is 29.8 Å². The summed E-state index contributed by atoms with van der Waals surface area (Å²) in [6.07, 6.45) is 5.11. The summed E-state index contributed by atoms with van der Waals surface area (Å²) in [5.41, 5.74) is 4.54. The van der Waals surface area contributed by atoms with Crippen LogP contribution >= 0.6 is 11.3 Å². The average molecular weight is 311 g/mol. The van der Waals surface area contributed by atoms with Gasteiger partial charge in [-0.25, -0.2) is 4.98 Å². The highest BCUT2D eigenvalue weighted by Gasteiger charge is 2.20. The van der Waals surface area contributed by atoms with E-state index in [1.165, 1.54) is 34.4 Å². The van der Waals surface area contributed by atoms with E-state index >= 15 is 0 Å². The number of fused-ring (bicyclic) bond motifs is 3. The number of hydrogen-bond acceptors (Lipinski definition) is 3. The van der Waals surface area contributed by atoms with Crippen molar-refractivity contribution < 1.29 is 4.79 Å². The molecule has 4 rings (SSSR count). The van der Waals surface area contributed by atoms with Crippen LogP contribution in [0.5, 0.6) is 0 Å². The number of H-pyrrole nitrogens is 1. The van der Waals surface area contributed by atoms with E-state index < -0.39 is 0 Å². The highest BCUT2D eigenvalue weighted by atomic mass is 32.1. The Bertz CT molecular complexity index is 835. The van der Waals surface area contributed by atoms with E-state index in [9.17, 15) is 4.79 Å². The molecule has 0 spiro atoms. The van der Waals surface area contributed by atoms with Crippen molar-refractivity contribution in [3.8, 4) is 0 Å². The van der Waals surface area contributed by atoms with Gasteiger partial charge in [0.05, 0.1) is 0 Å². The first-order valence-electron chi connectivity index (χ1n) is 7.55. The molecule has 1 aliphatic rings. The van der Waals surface area contributed by atoms with Crippen LogP contribution in [0.2, 0.25) is 0 Å². The normalized spacial score (nSPS) is 17.4. The Hall–Kier alpha value is -2.14. The summed E-state index contributed by atoms with van der Waals surface area (Å²) in [6.45, 7) is 2.29. The van der Waals surface area contributed by atoms with Crippen molar-refractivity contribution in [2.45, 2.75) is 26.2 Å². The molecule has 22 heavy (non-hydrogen) atoms. The fraction of sp³-hybridized carbons (Fsp3) is 0.294. The Morgan fingerprint density at radius 3 is 3.18 bits per heavy atom. The first kappa shape index (κ1) is 13.5.